The third-order valence-corrected chi connectivity index (χ3v) is 3.05. The van der Waals surface area contributed by atoms with Crippen LogP contribution in [0.5, 0.6) is 0 Å². The molecule has 0 spiro atoms. The number of nitrogens with one attached hydrogen (secondary N) is 2. The van der Waals surface area contributed by atoms with Crippen LogP contribution in [-0.2, 0) is 0 Å². The molecule has 3 nitrogen and oxygen atoms in total. The summed E-state index contributed by atoms with van der Waals surface area (Å²) in [6, 6.07) is 5.71. The maximum atomic E-state index is 13.3. The molecule has 0 aromatic heterocycles. The van der Waals surface area contributed by atoms with Gasteiger partial charge in [0, 0.05) is 10.5 Å². The Bertz CT molecular complexity index is 664. The Balaban J connectivity index is 2.11. The first-order valence-corrected chi connectivity index (χ1v) is 6.23. The van der Waals surface area contributed by atoms with E-state index in [1.807, 2.05) is 0 Å². The van der Waals surface area contributed by atoms with Crippen LogP contribution in [0.15, 0.2) is 40.9 Å². The summed E-state index contributed by atoms with van der Waals surface area (Å²) in [4.78, 5) is 11.7. The largest absolute Gasteiger partial charge is 0.323 e. The molecule has 2 amide bonds. The van der Waals surface area contributed by atoms with E-state index in [1.54, 1.807) is 0 Å². The Kier molecular flexibility index (Phi) is 4.29. The summed E-state index contributed by atoms with van der Waals surface area (Å²) < 4.78 is 39.6. The lowest BCUT2D eigenvalue weighted by Gasteiger charge is -2.10. The van der Waals surface area contributed by atoms with E-state index < -0.39 is 23.5 Å². The maximum Gasteiger partial charge on any atom is 0.323 e. The molecule has 2 aromatic carbocycles. The maximum absolute atomic E-state index is 13.3. The van der Waals surface area contributed by atoms with Gasteiger partial charge in [-0.15, -0.1) is 0 Å². The van der Waals surface area contributed by atoms with Crippen molar-refractivity contribution >= 4 is 33.3 Å². The van der Waals surface area contributed by atoms with Crippen LogP contribution in [0.4, 0.5) is 29.3 Å². The van der Waals surface area contributed by atoms with Gasteiger partial charge >= 0.3 is 6.03 Å². The van der Waals surface area contributed by atoms with Crippen LogP contribution < -0.4 is 10.6 Å². The molecule has 0 radical (unpaired) electrons. The van der Waals surface area contributed by atoms with E-state index in [0.717, 1.165) is 18.2 Å². The van der Waals surface area contributed by atoms with Gasteiger partial charge < -0.3 is 10.6 Å². The summed E-state index contributed by atoms with van der Waals surface area (Å²) in [6.45, 7) is 0. The zero-order chi connectivity index (χ0) is 14.7. The fourth-order valence-corrected chi connectivity index (χ4v) is 1.81. The van der Waals surface area contributed by atoms with Gasteiger partial charge in [-0.3, -0.25) is 0 Å². The molecule has 0 aliphatic heterocycles. The highest BCUT2D eigenvalue weighted by Crippen LogP contribution is 2.23. The van der Waals surface area contributed by atoms with Crippen molar-refractivity contribution < 1.29 is 18.0 Å². The first-order chi connectivity index (χ1) is 9.45. The topological polar surface area (TPSA) is 41.1 Å². The molecule has 2 rings (SSSR count). The molecule has 0 saturated heterocycles. The van der Waals surface area contributed by atoms with Gasteiger partial charge in [-0.2, -0.15) is 0 Å². The second kappa shape index (κ2) is 5.96. The number of anilines is 2. The van der Waals surface area contributed by atoms with Crippen molar-refractivity contribution in [2.45, 2.75) is 0 Å². The fraction of sp³-hybridized carbons (Fsp3) is 0. The van der Waals surface area contributed by atoms with Crippen LogP contribution in [0.3, 0.4) is 0 Å². The quantitative estimate of drug-likeness (QED) is 0.826. The number of carbonyl (C=O) groups is 1. The molecule has 0 atom stereocenters. The number of amides is 2. The minimum Gasteiger partial charge on any atom is -0.307 e. The van der Waals surface area contributed by atoms with Crippen molar-refractivity contribution in [1.29, 1.82) is 0 Å². The standard InChI is InChI=1S/C13H8BrF3N2O/c14-9-3-1-8(16)6-12(9)19-13(20)18-11-4-2-7(15)5-10(11)17/h1-6H,(H2,18,19,20). The summed E-state index contributed by atoms with van der Waals surface area (Å²) in [5, 5.41) is 4.54. The number of carbonyl (C=O) groups excluding carboxylic acids is 1. The lowest BCUT2D eigenvalue weighted by molar-refractivity contribution is 0.262. The average Bonchev–Trinajstić information content (AvgIpc) is 2.37. The fourth-order valence-electron chi connectivity index (χ4n) is 1.46. The lowest BCUT2D eigenvalue weighted by atomic mass is 10.3. The Morgan fingerprint density at radius 3 is 2.20 bits per heavy atom. The minimum absolute atomic E-state index is 0.184. The number of urea groups is 1. The highest BCUT2D eigenvalue weighted by Gasteiger charge is 2.10. The van der Waals surface area contributed by atoms with Gasteiger partial charge in [-0.1, -0.05) is 0 Å². The molecule has 0 unspecified atom stereocenters. The smallest absolute Gasteiger partial charge is 0.307 e. The molecule has 2 N–H and O–H groups in total. The minimum atomic E-state index is -0.904. The van der Waals surface area contributed by atoms with E-state index in [1.165, 1.54) is 12.1 Å². The molecule has 0 bridgehead atoms. The Morgan fingerprint density at radius 2 is 1.50 bits per heavy atom. The van der Waals surface area contributed by atoms with Crippen LogP contribution in [0.25, 0.3) is 0 Å². The van der Waals surface area contributed by atoms with E-state index in [-0.39, 0.29) is 11.4 Å². The second-order valence-corrected chi connectivity index (χ2v) is 4.68. The summed E-state index contributed by atoms with van der Waals surface area (Å²) in [5.74, 6) is -2.18. The van der Waals surface area contributed by atoms with Crippen LogP contribution in [-0.4, -0.2) is 6.03 Å². The van der Waals surface area contributed by atoms with Crippen LogP contribution in [0.1, 0.15) is 0 Å². The molecule has 7 heteroatoms. The Morgan fingerprint density at radius 1 is 0.900 bits per heavy atom. The number of hydrogen-bond acceptors (Lipinski definition) is 1. The molecule has 0 fully saturated rings. The molecular weight excluding hydrogens is 337 g/mol. The van der Waals surface area contributed by atoms with Crippen molar-refractivity contribution in [3.8, 4) is 0 Å². The summed E-state index contributed by atoms with van der Waals surface area (Å²) in [6.07, 6.45) is 0. The van der Waals surface area contributed by atoms with Gasteiger partial charge in [0.2, 0.25) is 0 Å². The molecule has 104 valence electrons. The van der Waals surface area contributed by atoms with E-state index in [2.05, 4.69) is 26.6 Å². The lowest BCUT2D eigenvalue weighted by Crippen LogP contribution is -2.20. The summed E-state index contributed by atoms with van der Waals surface area (Å²) in [7, 11) is 0. The van der Waals surface area contributed by atoms with Gasteiger partial charge in [0.1, 0.15) is 17.5 Å². The molecule has 0 aliphatic carbocycles. The SMILES string of the molecule is O=C(Nc1ccc(F)cc1F)Nc1cc(F)ccc1Br. The summed E-state index contributed by atoms with van der Waals surface area (Å²) >= 11 is 3.14. The number of hydrogen-bond donors (Lipinski definition) is 2. The highest BCUT2D eigenvalue weighted by atomic mass is 79.9. The molecule has 20 heavy (non-hydrogen) atoms. The third-order valence-electron chi connectivity index (χ3n) is 2.36. The molecular formula is C13H8BrF3N2O. The second-order valence-electron chi connectivity index (χ2n) is 3.83. The van der Waals surface area contributed by atoms with Crippen LogP contribution >= 0.6 is 15.9 Å². The molecule has 2 aromatic rings. The zero-order valence-electron chi connectivity index (χ0n) is 9.88. The van der Waals surface area contributed by atoms with E-state index in [4.69, 9.17) is 0 Å². The van der Waals surface area contributed by atoms with Crippen molar-refractivity contribution in [1.82, 2.24) is 0 Å². The van der Waals surface area contributed by atoms with Crippen molar-refractivity contribution in [2.75, 3.05) is 10.6 Å². The number of rotatable bonds is 2. The Labute approximate surface area is 120 Å². The van der Waals surface area contributed by atoms with E-state index >= 15 is 0 Å². The van der Waals surface area contributed by atoms with Gasteiger partial charge in [-0.25, -0.2) is 18.0 Å². The van der Waals surface area contributed by atoms with Crippen LogP contribution in [0.2, 0.25) is 0 Å². The Hall–Kier alpha value is -2.02. The predicted molar refractivity (Wildman–Crippen MR) is 73.1 cm³/mol. The zero-order valence-corrected chi connectivity index (χ0v) is 11.5. The van der Waals surface area contributed by atoms with Gasteiger partial charge in [0.05, 0.1) is 11.4 Å². The monoisotopic (exact) mass is 344 g/mol. The normalized spacial score (nSPS) is 10.2. The van der Waals surface area contributed by atoms with Crippen molar-refractivity contribution in [3.05, 3.63) is 58.3 Å². The van der Waals surface area contributed by atoms with Crippen molar-refractivity contribution in [3.63, 3.8) is 0 Å². The first kappa shape index (κ1) is 14.4. The average molecular weight is 345 g/mol. The first-order valence-electron chi connectivity index (χ1n) is 5.44. The molecule has 0 heterocycles. The number of benzene rings is 2. The van der Waals surface area contributed by atoms with Gasteiger partial charge in [0.15, 0.2) is 0 Å². The molecule has 0 aliphatic rings. The highest BCUT2D eigenvalue weighted by molar-refractivity contribution is 9.10. The van der Waals surface area contributed by atoms with Gasteiger partial charge in [0.25, 0.3) is 0 Å². The van der Waals surface area contributed by atoms with Crippen LogP contribution in [0, 0.1) is 17.5 Å². The third kappa shape index (κ3) is 3.51. The number of halogens is 4. The molecule has 0 saturated carbocycles. The van der Waals surface area contributed by atoms with Crippen molar-refractivity contribution in [2.24, 2.45) is 0 Å². The van der Waals surface area contributed by atoms with E-state index in [9.17, 15) is 18.0 Å². The van der Waals surface area contributed by atoms with Gasteiger partial charge in [-0.05, 0) is 46.3 Å². The van der Waals surface area contributed by atoms with E-state index in [0.29, 0.717) is 10.5 Å². The summed E-state index contributed by atoms with van der Waals surface area (Å²) in [5.41, 5.74) is 0.00134. The predicted octanol–water partition coefficient (Wildman–Crippen LogP) is 4.51.